The first-order chi connectivity index (χ1) is 8.70. The molecular formula is C15H24BrNO. The van der Waals surface area contributed by atoms with Crippen LogP contribution >= 0.6 is 15.9 Å². The van der Waals surface area contributed by atoms with Crippen LogP contribution in [0.3, 0.4) is 0 Å². The molecular weight excluding hydrogens is 290 g/mol. The van der Waals surface area contributed by atoms with Gasteiger partial charge in [0.05, 0.1) is 12.6 Å². The van der Waals surface area contributed by atoms with E-state index in [2.05, 4.69) is 60.2 Å². The summed E-state index contributed by atoms with van der Waals surface area (Å²) in [5, 5.41) is 3.56. The highest BCUT2D eigenvalue weighted by atomic mass is 79.9. The number of aryl methyl sites for hydroxylation is 1. The fourth-order valence-electron chi connectivity index (χ4n) is 1.86. The molecule has 1 N–H and O–H groups in total. The number of hydrogen-bond donors (Lipinski definition) is 1. The predicted molar refractivity (Wildman–Crippen MR) is 81.0 cm³/mol. The van der Waals surface area contributed by atoms with Crippen molar-refractivity contribution in [3.8, 4) is 0 Å². The van der Waals surface area contributed by atoms with Crippen LogP contribution in [-0.2, 0) is 4.74 Å². The normalized spacial score (nSPS) is 12.7. The summed E-state index contributed by atoms with van der Waals surface area (Å²) in [6.45, 7) is 9.01. The van der Waals surface area contributed by atoms with E-state index in [9.17, 15) is 0 Å². The van der Waals surface area contributed by atoms with E-state index in [0.717, 1.165) is 32.6 Å². The van der Waals surface area contributed by atoms with E-state index < -0.39 is 0 Å². The van der Waals surface area contributed by atoms with E-state index >= 15 is 0 Å². The van der Waals surface area contributed by atoms with Crippen molar-refractivity contribution in [2.45, 2.75) is 39.7 Å². The summed E-state index contributed by atoms with van der Waals surface area (Å²) < 4.78 is 6.90. The number of rotatable bonds is 8. The van der Waals surface area contributed by atoms with Crippen molar-refractivity contribution in [3.05, 3.63) is 33.8 Å². The molecule has 1 rings (SSSR count). The highest BCUT2D eigenvalue weighted by Crippen LogP contribution is 2.27. The van der Waals surface area contributed by atoms with E-state index in [-0.39, 0.29) is 6.04 Å². The lowest BCUT2D eigenvalue weighted by Crippen LogP contribution is -2.27. The van der Waals surface area contributed by atoms with Gasteiger partial charge >= 0.3 is 0 Å². The number of ether oxygens (including phenoxy) is 1. The van der Waals surface area contributed by atoms with Crippen molar-refractivity contribution >= 4 is 15.9 Å². The van der Waals surface area contributed by atoms with Crippen molar-refractivity contribution in [2.24, 2.45) is 0 Å². The molecule has 0 aliphatic carbocycles. The summed E-state index contributed by atoms with van der Waals surface area (Å²) in [7, 11) is 0. The monoisotopic (exact) mass is 313 g/mol. The molecule has 102 valence electrons. The Kier molecular flexibility index (Phi) is 7.56. The zero-order valence-corrected chi connectivity index (χ0v) is 13.2. The lowest BCUT2D eigenvalue weighted by Gasteiger charge is -2.21. The molecule has 0 saturated carbocycles. The number of halogens is 1. The van der Waals surface area contributed by atoms with Crippen LogP contribution in [0.1, 0.15) is 43.9 Å². The van der Waals surface area contributed by atoms with Crippen molar-refractivity contribution < 1.29 is 4.74 Å². The third-order valence-corrected chi connectivity index (χ3v) is 3.95. The zero-order valence-electron chi connectivity index (χ0n) is 11.6. The highest BCUT2D eigenvalue weighted by molar-refractivity contribution is 9.10. The minimum absolute atomic E-state index is 0.269. The molecule has 3 heteroatoms. The van der Waals surface area contributed by atoms with Gasteiger partial charge in [0.2, 0.25) is 0 Å². The smallest absolute Gasteiger partial charge is 0.0661 e. The number of hydrogen-bond acceptors (Lipinski definition) is 2. The maximum atomic E-state index is 5.71. The van der Waals surface area contributed by atoms with Crippen LogP contribution in [0, 0.1) is 6.92 Å². The fraction of sp³-hybridized carbons (Fsp3) is 0.600. The maximum absolute atomic E-state index is 5.71. The van der Waals surface area contributed by atoms with Crippen LogP contribution in [0.25, 0.3) is 0 Å². The average Bonchev–Trinajstić information content (AvgIpc) is 2.37. The summed E-state index contributed by atoms with van der Waals surface area (Å²) in [6.07, 6.45) is 2.20. The van der Waals surface area contributed by atoms with Gasteiger partial charge in [0.15, 0.2) is 0 Å². The fourth-order valence-corrected chi connectivity index (χ4v) is 2.40. The van der Waals surface area contributed by atoms with Gasteiger partial charge < -0.3 is 10.1 Å². The van der Waals surface area contributed by atoms with Crippen LogP contribution in [0.4, 0.5) is 0 Å². The lowest BCUT2D eigenvalue weighted by molar-refractivity contribution is 0.112. The minimum Gasteiger partial charge on any atom is -0.379 e. The molecule has 0 amide bonds. The predicted octanol–water partition coefficient (Wildman–Crippen LogP) is 4.22. The van der Waals surface area contributed by atoms with Gasteiger partial charge in [-0.15, -0.1) is 0 Å². The number of benzene rings is 1. The summed E-state index contributed by atoms with van der Waals surface area (Å²) in [6, 6.07) is 6.67. The molecule has 0 heterocycles. The molecule has 18 heavy (non-hydrogen) atoms. The third kappa shape index (κ3) is 4.71. The molecule has 0 bridgehead atoms. The van der Waals surface area contributed by atoms with Crippen molar-refractivity contribution in [2.75, 3.05) is 19.8 Å². The van der Waals surface area contributed by atoms with Gasteiger partial charge in [-0.1, -0.05) is 48.0 Å². The molecule has 1 aromatic rings. The average molecular weight is 314 g/mol. The molecule has 0 spiro atoms. The van der Waals surface area contributed by atoms with Gasteiger partial charge in [-0.3, -0.25) is 0 Å². The third-order valence-electron chi connectivity index (χ3n) is 2.87. The van der Waals surface area contributed by atoms with E-state index in [1.807, 2.05) is 0 Å². The lowest BCUT2D eigenvalue weighted by atomic mass is 10.0. The Bertz CT molecular complexity index is 354. The van der Waals surface area contributed by atoms with Crippen LogP contribution in [0.2, 0.25) is 0 Å². The van der Waals surface area contributed by atoms with E-state index in [4.69, 9.17) is 4.74 Å². The Morgan fingerprint density at radius 2 is 2.06 bits per heavy atom. The second-order valence-corrected chi connectivity index (χ2v) is 5.35. The molecule has 1 unspecified atom stereocenters. The summed E-state index contributed by atoms with van der Waals surface area (Å²) in [5.74, 6) is 0. The minimum atomic E-state index is 0.269. The Hall–Kier alpha value is -0.380. The molecule has 0 radical (unpaired) electrons. The first kappa shape index (κ1) is 15.7. The molecule has 0 aliphatic heterocycles. The van der Waals surface area contributed by atoms with Crippen LogP contribution in [0.5, 0.6) is 0 Å². The summed E-state index contributed by atoms with van der Waals surface area (Å²) in [5.41, 5.74) is 2.56. The van der Waals surface area contributed by atoms with Crippen molar-refractivity contribution in [1.29, 1.82) is 0 Å². The molecule has 0 aliphatic rings. The first-order valence-corrected chi connectivity index (χ1v) is 7.56. The van der Waals surface area contributed by atoms with E-state index in [1.54, 1.807) is 0 Å². The van der Waals surface area contributed by atoms with Gasteiger partial charge in [0.1, 0.15) is 0 Å². The second kappa shape index (κ2) is 8.68. The second-order valence-electron chi connectivity index (χ2n) is 4.56. The number of nitrogens with one attached hydrogen (secondary N) is 1. The van der Waals surface area contributed by atoms with Gasteiger partial charge in [-0.05, 0) is 37.4 Å². The first-order valence-electron chi connectivity index (χ1n) is 6.76. The van der Waals surface area contributed by atoms with Crippen LogP contribution < -0.4 is 5.32 Å². The molecule has 0 fully saturated rings. The van der Waals surface area contributed by atoms with E-state index in [0.29, 0.717) is 0 Å². The molecule has 0 aromatic heterocycles. The van der Waals surface area contributed by atoms with Gasteiger partial charge in [-0.25, -0.2) is 0 Å². The van der Waals surface area contributed by atoms with Crippen LogP contribution in [-0.4, -0.2) is 19.8 Å². The summed E-state index contributed by atoms with van der Waals surface area (Å²) >= 11 is 3.69. The van der Waals surface area contributed by atoms with E-state index in [1.165, 1.54) is 15.6 Å². The van der Waals surface area contributed by atoms with Gasteiger partial charge in [0.25, 0.3) is 0 Å². The van der Waals surface area contributed by atoms with Gasteiger partial charge in [0, 0.05) is 11.1 Å². The Balaban J connectivity index is 2.76. The van der Waals surface area contributed by atoms with Crippen LogP contribution in [0.15, 0.2) is 22.7 Å². The summed E-state index contributed by atoms with van der Waals surface area (Å²) in [4.78, 5) is 0. The highest BCUT2D eigenvalue weighted by Gasteiger charge is 2.14. The standard InChI is InChI=1S/C15H24BrNO/c1-4-9-17-14(11-18-10-5-2)13-8-6-7-12(3)15(13)16/h6-8,14,17H,4-5,9-11H2,1-3H3. The molecule has 1 aromatic carbocycles. The van der Waals surface area contributed by atoms with Crippen molar-refractivity contribution in [1.82, 2.24) is 5.32 Å². The molecule has 2 nitrogen and oxygen atoms in total. The molecule has 0 saturated heterocycles. The SMILES string of the molecule is CCCNC(COCCC)c1cccc(C)c1Br. The van der Waals surface area contributed by atoms with Crippen molar-refractivity contribution in [3.63, 3.8) is 0 Å². The Morgan fingerprint density at radius 1 is 1.28 bits per heavy atom. The quantitative estimate of drug-likeness (QED) is 0.725. The Labute approximate surface area is 119 Å². The Morgan fingerprint density at radius 3 is 2.72 bits per heavy atom. The topological polar surface area (TPSA) is 21.3 Å². The maximum Gasteiger partial charge on any atom is 0.0661 e. The molecule has 1 atom stereocenters. The largest absolute Gasteiger partial charge is 0.379 e. The zero-order chi connectivity index (χ0) is 13.4. The van der Waals surface area contributed by atoms with Gasteiger partial charge in [-0.2, -0.15) is 0 Å².